The van der Waals surface area contributed by atoms with Gasteiger partial charge in [-0.05, 0) is 46.1 Å². The number of nitrogens with zero attached hydrogens (tertiary/aromatic N) is 4. The Morgan fingerprint density at radius 1 is 1.33 bits per heavy atom. The molecule has 0 bridgehead atoms. The Hall–Kier alpha value is -2.31. The van der Waals surface area contributed by atoms with Gasteiger partial charge >= 0.3 is 0 Å². The number of rotatable bonds is 2. The fraction of sp³-hybridized carbons (Fsp3) is 0.588. The molecule has 2 aromatic heterocycles. The predicted molar refractivity (Wildman–Crippen MR) is 90.8 cm³/mol. The van der Waals surface area contributed by atoms with Gasteiger partial charge in [-0.25, -0.2) is 9.97 Å². The number of aromatic amines is 1. The monoisotopic (exact) mass is 330 g/mol. The van der Waals surface area contributed by atoms with Gasteiger partial charge in [0, 0.05) is 30.9 Å². The fourth-order valence-corrected chi connectivity index (χ4v) is 3.64. The third-order valence-corrected chi connectivity index (χ3v) is 4.70. The molecule has 0 unspecified atom stereocenters. The summed E-state index contributed by atoms with van der Waals surface area (Å²) in [7, 11) is 0. The third kappa shape index (κ3) is 2.90. The maximum atomic E-state index is 11.6. The van der Waals surface area contributed by atoms with Crippen molar-refractivity contribution in [3.05, 3.63) is 18.1 Å². The zero-order valence-corrected chi connectivity index (χ0v) is 14.7. The number of aromatic nitrogens is 3. The SMILES string of the molecule is Cc1c[nH]c2ncnc(N3CCC(N(C(=O)[O-])C(C)(C)C)CC3)c12. The Morgan fingerprint density at radius 2 is 2.00 bits per heavy atom. The quantitative estimate of drug-likeness (QED) is 0.905. The van der Waals surface area contributed by atoms with Crippen LogP contribution in [0.2, 0.25) is 0 Å². The summed E-state index contributed by atoms with van der Waals surface area (Å²) in [6.45, 7) is 9.29. The molecule has 1 saturated heterocycles. The number of hydrogen-bond acceptors (Lipinski definition) is 5. The lowest BCUT2D eigenvalue weighted by atomic mass is 9.97. The van der Waals surface area contributed by atoms with Gasteiger partial charge in [0.1, 0.15) is 23.9 Å². The Bertz CT molecular complexity index is 741. The largest absolute Gasteiger partial charge is 0.530 e. The smallest absolute Gasteiger partial charge is 0.143 e. The summed E-state index contributed by atoms with van der Waals surface area (Å²) in [4.78, 5) is 27.2. The van der Waals surface area contributed by atoms with Crippen LogP contribution in [0.1, 0.15) is 39.2 Å². The minimum absolute atomic E-state index is 0.0177. The van der Waals surface area contributed by atoms with Crippen molar-refractivity contribution < 1.29 is 9.90 Å². The van der Waals surface area contributed by atoms with Gasteiger partial charge in [0.25, 0.3) is 0 Å². The van der Waals surface area contributed by atoms with Crippen molar-refractivity contribution >= 4 is 22.9 Å². The molecule has 130 valence electrons. The van der Waals surface area contributed by atoms with E-state index in [0.717, 1.165) is 48.3 Å². The summed E-state index contributed by atoms with van der Waals surface area (Å²) < 4.78 is 0. The molecule has 3 rings (SSSR count). The maximum absolute atomic E-state index is 11.6. The van der Waals surface area contributed by atoms with Gasteiger partial charge in [-0.3, -0.25) is 0 Å². The molecule has 24 heavy (non-hydrogen) atoms. The summed E-state index contributed by atoms with van der Waals surface area (Å²) >= 11 is 0. The second-order valence-corrected chi connectivity index (χ2v) is 7.42. The zero-order valence-electron chi connectivity index (χ0n) is 14.7. The molecule has 0 spiro atoms. The number of nitrogens with one attached hydrogen (secondary N) is 1. The van der Waals surface area contributed by atoms with Gasteiger partial charge in [0.2, 0.25) is 0 Å². The Labute approximate surface area is 141 Å². The van der Waals surface area contributed by atoms with Gasteiger partial charge in [0.05, 0.1) is 5.39 Å². The van der Waals surface area contributed by atoms with Crippen LogP contribution in [0, 0.1) is 6.92 Å². The van der Waals surface area contributed by atoms with E-state index in [9.17, 15) is 9.90 Å². The highest BCUT2D eigenvalue weighted by atomic mass is 16.4. The number of carbonyl (C=O) groups is 1. The number of carbonyl (C=O) groups excluding carboxylic acids is 1. The summed E-state index contributed by atoms with van der Waals surface area (Å²) in [5, 5.41) is 12.6. The number of amides is 1. The fourth-order valence-electron chi connectivity index (χ4n) is 3.64. The number of piperidine rings is 1. The van der Waals surface area contributed by atoms with Gasteiger partial charge in [-0.15, -0.1) is 0 Å². The third-order valence-electron chi connectivity index (χ3n) is 4.70. The first-order chi connectivity index (χ1) is 11.3. The summed E-state index contributed by atoms with van der Waals surface area (Å²) in [6.07, 6.45) is 3.95. The van der Waals surface area contributed by atoms with Crippen LogP contribution < -0.4 is 10.0 Å². The van der Waals surface area contributed by atoms with E-state index in [1.54, 1.807) is 6.33 Å². The molecule has 0 atom stereocenters. The molecular formula is C17H24N5O2-. The molecule has 1 aliphatic heterocycles. The number of fused-ring (bicyclic) bond motifs is 1. The van der Waals surface area contributed by atoms with Crippen molar-refractivity contribution in [3.63, 3.8) is 0 Å². The van der Waals surface area contributed by atoms with Crippen molar-refractivity contribution in [2.75, 3.05) is 18.0 Å². The van der Waals surface area contributed by atoms with Gasteiger partial charge < -0.3 is 24.7 Å². The van der Waals surface area contributed by atoms with Crippen LogP contribution in [0.25, 0.3) is 11.0 Å². The molecular weight excluding hydrogens is 306 g/mol. The lowest BCUT2D eigenvalue weighted by Gasteiger charge is -2.47. The first kappa shape index (κ1) is 16.5. The standard InChI is InChI=1S/C17H25N5O2/c1-11-9-18-14-13(11)15(20-10-19-14)21-7-5-12(6-8-21)22(16(23)24)17(2,3)4/h9-10,12H,5-8H2,1-4H3,(H,23,24)(H,18,19,20)/p-1. The minimum atomic E-state index is -1.09. The Balaban J connectivity index is 1.80. The molecule has 1 fully saturated rings. The predicted octanol–water partition coefficient (Wildman–Crippen LogP) is 1.68. The van der Waals surface area contributed by atoms with Crippen LogP contribution in [0.3, 0.4) is 0 Å². The molecule has 1 aliphatic rings. The average molecular weight is 330 g/mol. The Morgan fingerprint density at radius 3 is 2.58 bits per heavy atom. The molecule has 0 aliphatic carbocycles. The molecule has 0 radical (unpaired) electrons. The van der Waals surface area contributed by atoms with Crippen molar-refractivity contribution in [2.45, 2.75) is 52.1 Å². The van der Waals surface area contributed by atoms with Gasteiger partial charge in [-0.2, -0.15) is 0 Å². The van der Waals surface area contributed by atoms with Crippen molar-refractivity contribution in [1.82, 2.24) is 19.9 Å². The molecule has 0 saturated carbocycles. The first-order valence-corrected chi connectivity index (χ1v) is 8.33. The molecule has 7 heteroatoms. The second kappa shape index (κ2) is 5.96. The highest BCUT2D eigenvalue weighted by Gasteiger charge is 2.32. The van der Waals surface area contributed by atoms with Crippen LogP contribution in [0.5, 0.6) is 0 Å². The molecule has 1 N–H and O–H groups in total. The van der Waals surface area contributed by atoms with E-state index < -0.39 is 11.6 Å². The van der Waals surface area contributed by atoms with Crippen LogP contribution >= 0.6 is 0 Å². The topological polar surface area (TPSA) is 88.2 Å². The molecule has 1 amide bonds. The van der Waals surface area contributed by atoms with Crippen LogP contribution in [-0.2, 0) is 0 Å². The number of aryl methyl sites for hydroxylation is 1. The van der Waals surface area contributed by atoms with Crippen molar-refractivity contribution in [1.29, 1.82) is 0 Å². The first-order valence-electron chi connectivity index (χ1n) is 8.33. The van der Waals surface area contributed by atoms with Crippen LogP contribution in [0.4, 0.5) is 10.6 Å². The van der Waals surface area contributed by atoms with Crippen LogP contribution in [-0.4, -0.2) is 50.6 Å². The lowest BCUT2D eigenvalue weighted by molar-refractivity contribution is -0.274. The molecule has 3 heterocycles. The number of H-pyrrole nitrogens is 1. The highest BCUT2D eigenvalue weighted by Crippen LogP contribution is 2.30. The van der Waals surface area contributed by atoms with E-state index in [1.807, 2.05) is 33.9 Å². The van der Waals surface area contributed by atoms with Crippen LogP contribution in [0.15, 0.2) is 12.5 Å². The van der Waals surface area contributed by atoms with E-state index in [1.165, 1.54) is 4.90 Å². The summed E-state index contributed by atoms with van der Waals surface area (Å²) in [6, 6.07) is -0.0177. The van der Waals surface area contributed by atoms with E-state index in [4.69, 9.17) is 0 Å². The Kier molecular flexibility index (Phi) is 4.11. The number of hydrogen-bond donors (Lipinski definition) is 1. The summed E-state index contributed by atoms with van der Waals surface area (Å²) in [5.74, 6) is 0.924. The van der Waals surface area contributed by atoms with Crippen molar-refractivity contribution in [3.8, 4) is 0 Å². The van der Waals surface area contributed by atoms with E-state index >= 15 is 0 Å². The normalized spacial score (nSPS) is 16.6. The molecule has 0 aromatic carbocycles. The van der Waals surface area contributed by atoms with Gasteiger partial charge in [0.15, 0.2) is 0 Å². The summed E-state index contributed by atoms with van der Waals surface area (Å²) in [5.41, 5.74) is 1.50. The maximum Gasteiger partial charge on any atom is 0.143 e. The lowest BCUT2D eigenvalue weighted by Crippen LogP contribution is -2.58. The molecule has 2 aromatic rings. The number of anilines is 1. The second-order valence-electron chi connectivity index (χ2n) is 7.42. The van der Waals surface area contributed by atoms with E-state index in [0.29, 0.717) is 0 Å². The van der Waals surface area contributed by atoms with Gasteiger partial charge in [-0.1, -0.05) is 0 Å². The zero-order chi connectivity index (χ0) is 17.5. The van der Waals surface area contributed by atoms with E-state index in [-0.39, 0.29) is 6.04 Å². The molecule has 7 nitrogen and oxygen atoms in total. The van der Waals surface area contributed by atoms with E-state index in [2.05, 4.69) is 19.9 Å². The highest BCUT2D eigenvalue weighted by molar-refractivity contribution is 5.90. The average Bonchev–Trinajstić information content (AvgIpc) is 2.88. The minimum Gasteiger partial charge on any atom is -0.530 e. The number of carboxylic acid groups (broad SMARTS) is 1. The van der Waals surface area contributed by atoms with Crippen molar-refractivity contribution in [2.24, 2.45) is 0 Å².